The number of hydrogen-bond donors (Lipinski definition) is 1. The summed E-state index contributed by atoms with van der Waals surface area (Å²) in [6.07, 6.45) is 0.534. The highest BCUT2D eigenvalue weighted by molar-refractivity contribution is 7.91. The van der Waals surface area contributed by atoms with Crippen molar-refractivity contribution in [1.29, 1.82) is 0 Å². The maximum Gasteiger partial charge on any atom is 0.194 e. The Morgan fingerprint density at radius 2 is 2.25 bits per heavy atom. The fourth-order valence-corrected chi connectivity index (χ4v) is 4.29. The number of hydrogen-bond acceptors (Lipinski definition) is 5. The fourth-order valence-electron chi connectivity index (χ4n) is 2.45. The third kappa shape index (κ3) is 2.20. The quantitative estimate of drug-likeness (QED) is 0.915. The summed E-state index contributed by atoms with van der Waals surface area (Å²) in [5.41, 5.74) is 7.41. The zero-order chi connectivity index (χ0) is 14.5. The van der Waals surface area contributed by atoms with E-state index in [4.69, 9.17) is 21.8 Å². The molecule has 8 heteroatoms. The number of furan rings is 1. The van der Waals surface area contributed by atoms with Crippen molar-refractivity contribution < 1.29 is 12.8 Å². The molecule has 2 aromatic rings. The van der Waals surface area contributed by atoms with E-state index in [-0.39, 0.29) is 22.8 Å². The van der Waals surface area contributed by atoms with Crippen LogP contribution in [0.4, 0.5) is 5.82 Å². The van der Waals surface area contributed by atoms with Gasteiger partial charge >= 0.3 is 0 Å². The summed E-state index contributed by atoms with van der Waals surface area (Å²) in [5.74, 6) is 1.25. The second kappa shape index (κ2) is 4.53. The average molecular weight is 316 g/mol. The van der Waals surface area contributed by atoms with E-state index in [0.29, 0.717) is 23.7 Å². The van der Waals surface area contributed by atoms with Crippen LogP contribution in [-0.2, 0) is 9.84 Å². The maximum absolute atomic E-state index is 11.6. The van der Waals surface area contributed by atoms with Crippen molar-refractivity contribution in [3.8, 4) is 11.5 Å². The maximum atomic E-state index is 11.6. The normalized spacial score (nSPS) is 21.4. The number of sulfone groups is 1. The molecule has 3 rings (SSSR count). The number of nitrogen functional groups attached to an aromatic ring is 1. The molecule has 2 N–H and O–H groups in total. The summed E-state index contributed by atoms with van der Waals surface area (Å²) in [6.45, 7) is 1.83. The van der Waals surface area contributed by atoms with Crippen molar-refractivity contribution in [1.82, 2.24) is 9.78 Å². The van der Waals surface area contributed by atoms with Gasteiger partial charge in [-0.05, 0) is 37.1 Å². The molecule has 1 aliphatic rings. The first-order valence-electron chi connectivity index (χ1n) is 6.18. The minimum atomic E-state index is -2.99. The van der Waals surface area contributed by atoms with Crippen LogP contribution in [0.25, 0.3) is 11.5 Å². The molecule has 6 nitrogen and oxygen atoms in total. The highest BCUT2D eigenvalue weighted by atomic mass is 35.5. The van der Waals surface area contributed by atoms with E-state index in [2.05, 4.69) is 5.10 Å². The first-order valence-corrected chi connectivity index (χ1v) is 8.38. The Labute approximate surface area is 121 Å². The largest absolute Gasteiger partial charge is 0.443 e. The van der Waals surface area contributed by atoms with Crippen molar-refractivity contribution in [2.24, 2.45) is 0 Å². The topological polar surface area (TPSA) is 91.1 Å². The van der Waals surface area contributed by atoms with Crippen molar-refractivity contribution in [3.05, 3.63) is 22.9 Å². The van der Waals surface area contributed by atoms with Gasteiger partial charge in [-0.2, -0.15) is 5.10 Å². The zero-order valence-corrected chi connectivity index (χ0v) is 12.4. The summed E-state index contributed by atoms with van der Waals surface area (Å²) in [6, 6.07) is 3.14. The molecule has 1 saturated heterocycles. The number of anilines is 1. The van der Waals surface area contributed by atoms with E-state index in [1.165, 1.54) is 0 Å². The van der Waals surface area contributed by atoms with Crippen molar-refractivity contribution in [3.63, 3.8) is 0 Å². The van der Waals surface area contributed by atoms with Gasteiger partial charge in [0.25, 0.3) is 0 Å². The molecule has 0 saturated carbocycles. The van der Waals surface area contributed by atoms with Crippen LogP contribution in [0.1, 0.15) is 18.0 Å². The molecule has 1 atom stereocenters. The molecule has 3 heterocycles. The number of nitrogens with zero attached hydrogens (tertiary/aromatic N) is 2. The van der Waals surface area contributed by atoms with Gasteiger partial charge in [0.2, 0.25) is 0 Å². The summed E-state index contributed by atoms with van der Waals surface area (Å²) < 4.78 is 30.1. The van der Waals surface area contributed by atoms with Crippen LogP contribution in [0.15, 0.2) is 16.5 Å². The fraction of sp³-hybridized carbons (Fsp3) is 0.417. The molecule has 0 aliphatic carbocycles. The zero-order valence-electron chi connectivity index (χ0n) is 10.8. The standard InChI is InChI=1S/C12H14ClN3O3S/c1-7-11(9-2-3-10(13)19-9)15-16(12(7)14)8-4-5-20(17,18)6-8/h2-3,8H,4-6,14H2,1H3. The Morgan fingerprint density at radius 1 is 1.50 bits per heavy atom. The van der Waals surface area contributed by atoms with E-state index in [1.807, 2.05) is 6.92 Å². The van der Waals surface area contributed by atoms with Crippen LogP contribution in [0.5, 0.6) is 0 Å². The van der Waals surface area contributed by atoms with Gasteiger partial charge in [-0.25, -0.2) is 13.1 Å². The molecule has 0 aromatic carbocycles. The van der Waals surface area contributed by atoms with Crippen LogP contribution >= 0.6 is 11.6 Å². The SMILES string of the molecule is Cc1c(-c2ccc(Cl)o2)nn(C2CCS(=O)(=O)C2)c1N. The highest BCUT2D eigenvalue weighted by Gasteiger charge is 2.32. The van der Waals surface area contributed by atoms with Crippen molar-refractivity contribution in [2.75, 3.05) is 17.2 Å². The summed E-state index contributed by atoms with van der Waals surface area (Å²) in [5, 5.41) is 4.69. The van der Waals surface area contributed by atoms with E-state index in [1.54, 1.807) is 16.8 Å². The molecule has 20 heavy (non-hydrogen) atoms. The van der Waals surface area contributed by atoms with Gasteiger partial charge in [-0.3, -0.25) is 0 Å². The smallest absolute Gasteiger partial charge is 0.194 e. The number of aromatic nitrogens is 2. The molecule has 0 radical (unpaired) electrons. The first-order chi connectivity index (χ1) is 9.37. The number of nitrogens with two attached hydrogens (primary N) is 1. The van der Waals surface area contributed by atoms with E-state index in [0.717, 1.165) is 5.56 Å². The lowest BCUT2D eigenvalue weighted by Crippen LogP contribution is -2.14. The van der Waals surface area contributed by atoms with Gasteiger partial charge in [0.05, 0.1) is 17.5 Å². The third-order valence-electron chi connectivity index (χ3n) is 3.55. The molecule has 1 fully saturated rings. The van der Waals surface area contributed by atoms with Crippen molar-refractivity contribution >= 4 is 27.3 Å². The van der Waals surface area contributed by atoms with Gasteiger partial charge in [0.15, 0.2) is 20.8 Å². The Bertz CT molecular complexity index is 763. The van der Waals surface area contributed by atoms with Gasteiger partial charge in [0, 0.05) is 5.56 Å². The van der Waals surface area contributed by atoms with E-state index >= 15 is 0 Å². The van der Waals surface area contributed by atoms with E-state index < -0.39 is 9.84 Å². The summed E-state index contributed by atoms with van der Waals surface area (Å²) >= 11 is 5.76. The minimum absolute atomic E-state index is 0.0800. The van der Waals surface area contributed by atoms with Crippen LogP contribution < -0.4 is 5.73 Å². The predicted octanol–water partition coefficient (Wildman–Crippen LogP) is 2.05. The second-order valence-corrected chi connectivity index (χ2v) is 7.57. The highest BCUT2D eigenvalue weighted by Crippen LogP contribution is 2.33. The molecular formula is C12H14ClN3O3S. The van der Waals surface area contributed by atoms with Gasteiger partial charge in [-0.1, -0.05) is 0 Å². The molecule has 1 unspecified atom stereocenters. The molecule has 0 bridgehead atoms. The van der Waals surface area contributed by atoms with Gasteiger partial charge < -0.3 is 10.2 Å². The van der Waals surface area contributed by atoms with Crippen LogP contribution in [0.3, 0.4) is 0 Å². The van der Waals surface area contributed by atoms with Crippen LogP contribution in [-0.4, -0.2) is 29.7 Å². The lowest BCUT2D eigenvalue weighted by atomic mass is 10.2. The molecular weight excluding hydrogens is 302 g/mol. The number of halogens is 1. The van der Waals surface area contributed by atoms with E-state index in [9.17, 15) is 8.42 Å². The summed E-state index contributed by atoms with van der Waals surface area (Å²) in [7, 11) is -2.99. The lowest BCUT2D eigenvalue weighted by Gasteiger charge is -2.10. The molecule has 1 aliphatic heterocycles. The monoisotopic (exact) mass is 315 g/mol. The molecule has 108 valence electrons. The average Bonchev–Trinajstić information content (AvgIpc) is 3.01. The Kier molecular flexibility index (Phi) is 3.06. The Hall–Kier alpha value is -1.47. The third-order valence-corrected chi connectivity index (χ3v) is 5.51. The minimum Gasteiger partial charge on any atom is -0.443 e. The molecule has 0 amide bonds. The predicted molar refractivity (Wildman–Crippen MR) is 76.4 cm³/mol. The summed E-state index contributed by atoms with van der Waals surface area (Å²) in [4.78, 5) is 0. The van der Waals surface area contributed by atoms with Gasteiger partial charge in [0.1, 0.15) is 11.5 Å². The van der Waals surface area contributed by atoms with Crippen LogP contribution in [0.2, 0.25) is 5.22 Å². The molecule has 2 aromatic heterocycles. The second-order valence-electron chi connectivity index (χ2n) is 4.96. The van der Waals surface area contributed by atoms with Gasteiger partial charge in [-0.15, -0.1) is 0 Å². The Morgan fingerprint density at radius 3 is 2.80 bits per heavy atom. The van der Waals surface area contributed by atoms with Crippen LogP contribution in [0, 0.1) is 6.92 Å². The van der Waals surface area contributed by atoms with Crippen molar-refractivity contribution in [2.45, 2.75) is 19.4 Å². The number of rotatable bonds is 2. The Balaban J connectivity index is 2.02. The lowest BCUT2D eigenvalue weighted by molar-refractivity contribution is 0.504. The molecule has 0 spiro atoms. The first kappa shape index (κ1) is 13.5.